The molecule has 1 aliphatic rings. The predicted molar refractivity (Wildman–Crippen MR) is 87.8 cm³/mol. The topological polar surface area (TPSA) is 158 Å². The van der Waals surface area contributed by atoms with Crippen molar-refractivity contribution in [2.45, 2.75) is 12.5 Å². The molecule has 1 saturated heterocycles. The Morgan fingerprint density at radius 1 is 1.37 bits per heavy atom. The Hall–Kier alpha value is -3.51. The molecule has 0 bridgehead atoms. The number of carbonyl (C=O) groups excluding carboxylic acids is 1. The quantitative estimate of drug-likeness (QED) is 0.341. The fraction of sp³-hybridized carbons (Fsp3) is 0.267. The Balaban J connectivity index is 1.48. The summed E-state index contributed by atoms with van der Waals surface area (Å²) in [7, 11) is 0. The predicted octanol–water partition coefficient (Wildman–Crippen LogP) is 0.821. The van der Waals surface area contributed by atoms with Crippen molar-refractivity contribution in [2.75, 3.05) is 18.9 Å². The lowest BCUT2D eigenvalue weighted by atomic mass is 10.3. The zero-order valence-electron chi connectivity index (χ0n) is 13.7. The first-order valence-electron chi connectivity index (χ1n) is 7.63. The van der Waals surface area contributed by atoms with E-state index >= 15 is 0 Å². The zero-order chi connectivity index (χ0) is 19.4. The van der Waals surface area contributed by atoms with Gasteiger partial charge >= 0.3 is 11.8 Å². The highest BCUT2D eigenvalue weighted by Crippen LogP contribution is 2.21. The number of nitrogen functional groups attached to an aromatic ring is 1. The van der Waals surface area contributed by atoms with E-state index in [0.717, 1.165) is 0 Å². The number of carbonyl (C=O) groups is 1. The maximum absolute atomic E-state index is 11.8. The number of ether oxygens (including phenoxy) is 4. The number of nitrogens with two attached hydrogens (primary N) is 1. The van der Waals surface area contributed by atoms with Crippen molar-refractivity contribution in [3.63, 3.8) is 0 Å². The summed E-state index contributed by atoms with van der Waals surface area (Å²) in [6, 6.07) is 6.34. The van der Waals surface area contributed by atoms with Crippen molar-refractivity contribution in [3.8, 4) is 5.75 Å². The Kier molecular flexibility index (Phi) is 5.28. The summed E-state index contributed by atoms with van der Waals surface area (Å²) >= 11 is 0. The standard InChI is InChI=1S/C15H14N4O8/c16-11-5-6-18(14(20)17-11)12-7-24-13(27-12)8-25-15(21)26-10-3-1-9(2-4-10)19(22)23/h1-6,12-13H,7-8H2,(H2,16,17,20). The number of benzene rings is 1. The van der Waals surface area contributed by atoms with Crippen LogP contribution in [0.15, 0.2) is 41.3 Å². The molecular formula is C15H14N4O8. The molecular weight excluding hydrogens is 364 g/mol. The third-order valence-electron chi connectivity index (χ3n) is 3.48. The van der Waals surface area contributed by atoms with Crippen LogP contribution in [0.1, 0.15) is 6.23 Å². The second-order valence-electron chi connectivity index (χ2n) is 5.31. The van der Waals surface area contributed by atoms with Crippen LogP contribution in [0.3, 0.4) is 0 Å². The van der Waals surface area contributed by atoms with Gasteiger partial charge in [0.15, 0.2) is 12.5 Å². The monoisotopic (exact) mass is 378 g/mol. The molecule has 3 rings (SSSR count). The van der Waals surface area contributed by atoms with Crippen LogP contribution in [0.4, 0.5) is 16.3 Å². The van der Waals surface area contributed by atoms with Crippen molar-refractivity contribution in [2.24, 2.45) is 0 Å². The average molecular weight is 378 g/mol. The van der Waals surface area contributed by atoms with Crippen LogP contribution in [-0.4, -0.2) is 40.1 Å². The second-order valence-corrected chi connectivity index (χ2v) is 5.31. The molecule has 2 aromatic rings. The van der Waals surface area contributed by atoms with Gasteiger partial charge < -0.3 is 24.7 Å². The van der Waals surface area contributed by atoms with Crippen molar-refractivity contribution in [3.05, 3.63) is 57.1 Å². The minimum atomic E-state index is -1.04. The molecule has 1 aromatic heterocycles. The van der Waals surface area contributed by atoms with E-state index in [1.807, 2.05) is 0 Å². The molecule has 2 N–H and O–H groups in total. The summed E-state index contributed by atoms with van der Waals surface area (Å²) in [5.41, 5.74) is 4.69. The molecule has 12 nitrogen and oxygen atoms in total. The third kappa shape index (κ3) is 4.56. The first-order chi connectivity index (χ1) is 12.9. The SMILES string of the molecule is Nc1ccn(C2COC(COC(=O)Oc3ccc([N+](=O)[O-])cc3)O2)c(=O)n1. The van der Waals surface area contributed by atoms with E-state index < -0.39 is 29.3 Å². The fourth-order valence-electron chi connectivity index (χ4n) is 2.22. The smallest absolute Gasteiger partial charge is 0.429 e. The van der Waals surface area contributed by atoms with E-state index in [4.69, 9.17) is 24.7 Å². The first-order valence-corrected chi connectivity index (χ1v) is 7.63. The van der Waals surface area contributed by atoms with E-state index in [9.17, 15) is 19.7 Å². The normalized spacial score (nSPS) is 18.8. The number of nitro benzene ring substituents is 1. The molecule has 0 saturated carbocycles. The number of hydrogen-bond acceptors (Lipinski definition) is 10. The molecule has 27 heavy (non-hydrogen) atoms. The summed E-state index contributed by atoms with van der Waals surface area (Å²) in [5.74, 6) is 0.167. The number of nitrogens with zero attached hydrogens (tertiary/aromatic N) is 3. The average Bonchev–Trinajstić information content (AvgIpc) is 3.09. The lowest BCUT2D eigenvalue weighted by molar-refractivity contribution is -0.384. The van der Waals surface area contributed by atoms with Crippen molar-refractivity contribution >= 4 is 17.7 Å². The molecule has 0 spiro atoms. The molecule has 2 unspecified atom stereocenters. The van der Waals surface area contributed by atoms with Gasteiger partial charge in [0.25, 0.3) is 5.69 Å². The minimum Gasteiger partial charge on any atom is -0.429 e. The second kappa shape index (κ2) is 7.80. The molecule has 1 fully saturated rings. The van der Waals surface area contributed by atoms with Gasteiger partial charge in [-0.15, -0.1) is 0 Å². The van der Waals surface area contributed by atoms with Crippen LogP contribution < -0.4 is 16.2 Å². The lowest BCUT2D eigenvalue weighted by Crippen LogP contribution is -2.29. The summed E-state index contributed by atoms with van der Waals surface area (Å²) in [6.07, 6.45) is -1.25. The van der Waals surface area contributed by atoms with Crippen molar-refractivity contribution in [1.82, 2.24) is 9.55 Å². The van der Waals surface area contributed by atoms with E-state index in [0.29, 0.717) is 0 Å². The molecule has 142 valence electrons. The largest absolute Gasteiger partial charge is 0.514 e. The maximum atomic E-state index is 11.8. The Morgan fingerprint density at radius 3 is 2.78 bits per heavy atom. The molecule has 12 heteroatoms. The van der Waals surface area contributed by atoms with E-state index in [1.54, 1.807) is 0 Å². The van der Waals surface area contributed by atoms with E-state index in [1.165, 1.54) is 41.1 Å². The van der Waals surface area contributed by atoms with Crippen LogP contribution in [0, 0.1) is 10.1 Å². The van der Waals surface area contributed by atoms with Gasteiger partial charge in [-0.3, -0.25) is 14.7 Å². The number of non-ortho nitro benzene ring substituents is 1. The van der Waals surface area contributed by atoms with Gasteiger partial charge in [-0.25, -0.2) is 9.59 Å². The van der Waals surface area contributed by atoms with E-state index in [-0.39, 0.29) is 30.5 Å². The Labute approximate surface area is 151 Å². The molecule has 0 aliphatic carbocycles. The van der Waals surface area contributed by atoms with Gasteiger partial charge in [0.05, 0.1) is 11.5 Å². The fourth-order valence-corrected chi connectivity index (χ4v) is 2.22. The molecule has 0 amide bonds. The van der Waals surface area contributed by atoms with Crippen molar-refractivity contribution < 1.29 is 28.7 Å². The number of nitro groups is 1. The van der Waals surface area contributed by atoms with Crippen LogP contribution in [0.5, 0.6) is 5.75 Å². The van der Waals surface area contributed by atoms with Crippen molar-refractivity contribution in [1.29, 1.82) is 0 Å². The van der Waals surface area contributed by atoms with Gasteiger partial charge in [-0.2, -0.15) is 4.98 Å². The Morgan fingerprint density at radius 2 is 2.11 bits per heavy atom. The third-order valence-corrected chi connectivity index (χ3v) is 3.48. The van der Waals surface area contributed by atoms with Gasteiger partial charge in [0.1, 0.15) is 18.2 Å². The molecule has 0 radical (unpaired) electrons. The highest BCUT2D eigenvalue weighted by Gasteiger charge is 2.29. The van der Waals surface area contributed by atoms with Gasteiger partial charge in [0, 0.05) is 18.3 Å². The van der Waals surface area contributed by atoms with E-state index in [2.05, 4.69) is 4.98 Å². The zero-order valence-corrected chi connectivity index (χ0v) is 13.7. The van der Waals surface area contributed by atoms with Gasteiger partial charge in [-0.05, 0) is 18.2 Å². The van der Waals surface area contributed by atoms with Gasteiger partial charge in [0.2, 0.25) is 0 Å². The van der Waals surface area contributed by atoms with Crippen LogP contribution in [0.25, 0.3) is 0 Å². The minimum absolute atomic E-state index is 0.0525. The summed E-state index contributed by atoms with van der Waals surface area (Å²) < 4.78 is 21.7. The molecule has 1 aliphatic heterocycles. The number of anilines is 1. The first kappa shape index (κ1) is 18.3. The van der Waals surface area contributed by atoms with Crippen LogP contribution in [-0.2, 0) is 14.2 Å². The Bertz CT molecular complexity index is 897. The lowest BCUT2D eigenvalue weighted by Gasteiger charge is -2.13. The summed E-state index contributed by atoms with van der Waals surface area (Å²) in [4.78, 5) is 37.0. The number of aromatic nitrogens is 2. The highest BCUT2D eigenvalue weighted by atomic mass is 16.8. The number of hydrogen-bond donors (Lipinski definition) is 1. The number of rotatable bonds is 5. The highest BCUT2D eigenvalue weighted by molar-refractivity contribution is 5.64. The van der Waals surface area contributed by atoms with Crippen LogP contribution in [0.2, 0.25) is 0 Å². The van der Waals surface area contributed by atoms with Crippen LogP contribution >= 0.6 is 0 Å². The summed E-state index contributed by atoms with van der Waals surface area (Å²) in [5, 5.41) is 10.6. The maximum Gasteiger partial charge on any atom is 0.514 e. The molecule has 2 atom stereocenters. The molecule has 2 heterocycles. The molecule has 1 aromatic carbocycles. The summed E-state index contributed by atoms with van der Waals surface area (Å²) in [6.45, 7) is -0.226. The van der Waals surface area contributed by atoms with Gasteiger partial charge in [-0.1, -0.05) is 0 Å².